The third kappa shape index (κ3) is 4.47. The van der Waals surface area contributed by atoms with Gasteiger partial charge in [-0.15, -0.1) is 11.3 Å². The van der Waals surface area contributed by atoms with Crippen molar-refractivity contribution >= 4 is 11.3 Å². The zero-order valence-electron chi connectivity index (χ0n) is 14.5. The fourth-order valence-corrected chi connectivity index (χ4v) is 3.81. The molecule has 5 atom stereocenters. The fraction of sp³-hybridized carbons (Fsp3) is 0.474. The molecule has 1 unspecified atom stereocenters. The predicted molar refractivity (Wildman–Crippen MR) is 98.6 cm³/mol. The highest BCUT2D eigenvalue weighted by atomic mass is 32.1. The topological polar surface area (TPSA) is 90.2 Å². The summed E-state index contributed by atoms with van der Waals surface area (Å²) >= 11 is 1.67. The average molecular weight is 366 g/mol. The molecule has 0 saturated carbocycles. The van der Waals surface area contributed by atoms with E-state index in [1.165, 1.54) is 10.4 Å². The molecule has 1 aromatic heterocycles. The largest absolute Gasteiger partial charge is 0.394 e. The van der Waals surface area contributed by atoms with Crippen LogP contribution in [0.25, 0.3) is 0 Å². The molecular weight excluding hydrogens is 340 g/mol. The first-order valence-corrected chi connectivity index (χ1v) is 9.13. The molecule has 5 nitrogen and oxygen atoms in total. The standard InChI is InChI=1S/C19H26O5S/c1-4-12(9-15-11(3)6-7-25-15)8-13(5-2)19-18(23)17(22)16(21)14(10-20)24-19/h4-8,14,16-23H,1,9-10H2,2-3H3/b12-8+,13-5+/t14-,16-,17?,18-,19+/m1/s1. The van der Waals surface area contributed by atoms with Crippen molar-refractivity contribution in [2.45, 2.75) is 50.8 Å². The van der Waals surface area contributed by atoms with Crippen LogP contribution in [-0.4, -0.2) is 57.6 Å². The molecule has 0 aliphatic carbocycles. The molecule has 2 rings (SSSR count). The maximum absolute atomic E-state index is 10.3. The van der Waals surface area contributed by atoms with E-state index in [1.807, 2.05) is 18.4 Å². The Labute approximate surface area is 152 Å². The van der Waals surface area contributed by atoms with Crippen LogP contribution in [0.15, 0.2) is 47.4 Å². The Bertz CT molecular complexity index is 646. The van der Waals surface area contributed by atoms with Crippen molar-refractivity contribution < 1.29 is 25.2 Å². The number of ether oxygens (including phenoxy) is 1. The first kappa shape index (κ1) is 20.0. The zero-order chi connectivity index (χ0) is 18.6. The van der Waals surface area contributed by atoms with Gasteiger partial charge in [-0.3, -0.25) is 0 Å². The quantitative estimate of drug-likeness (QED) is 0.573. The molecule has 1 aliphatic heterocycles. The van der Waals surface area contributed by atoms with E-state index in [0.29, 0.717) is 12.0 Å². The summed E-state index contributed by atoms with van der Waals surface area (Å²) in [6.07, 6.45) is 0.357. The molecule has 2 heterocycles. The van der Waals surface area contributed by atoms with Crippen molar-refractivity contribution in [2.24, 2.45) is 0 Å². The Balaban J connectivity index is 2.25. The van der Waals surface area contributed by atoms with Gasteiger partial charge in [0.2, 0.25) is 0 Å². The van der Waals surface area contributed by atoms with Gasteiger partial charge in [-0.1, -0.05) is 24.8 Å². The molecule has 0 aromatic carbocycles. The minimum atomic E-state index is -1.38. The van der Waals surface area contributed by atoms with Gasteiger partial charge in [-0.2, -0.15) is 0 Å². The van der Waals surface area contributed by atoms with Crippen molar-refractivity contribution in [1.29, 1.82) is 0 Å². The molecule has 25 heavy (non-hydrogen) atoms. The number of aliphatic hydroxyl groups is 4. The summed E-state index contributed by atoms with van der Waals surface area (Å²) in [4.78, 5) is 1.23. The second-order valence-corrected chi connectivity index (χ2v) is 7.17. The number of rotatable bonds is 6. The van der Waals surface area contributed by atoms with Crippen LogP contribution < -0.4 is 0 Å². The number of thiophene rings is 1. The predicted octanol–water partition coefficient (Wildman–Crippen LogP) is 1.50. The molecule has 0 bridgehead atoms. The van der Waals surface area contributed by atoms with Gasteiger partial charge < -0.3 is 25.2 Å². The monoisotopic (exact) mass is 366 g/mol. The van der Waals surface area contributed by atoms with Gasteiger partial charge in [0.05, 0.1) is 6.61 Å². The van der Waals surface area contributed by atoms with Crippen molar-refractivity contribution in [3.05, 3.63) is 57.8 Å². The van der Waals surface area contributed by atoms with Crippen molar-refractivity contribution in [2.75, 3.05) is 6.61 Å². The summed E-state index contributed by atoms with van der Waals surface area (Å²) in [5, 5.41) is 41.6. The summed E-state index contributed by atoms with van der Waals surface area (Å²) in [5.74, 6) is 0. The second kappa shape index (κ2) is 8.89. The van der Waals surface area contributed by atoms with Gasteiger partial charge in [-0.05, 0) is 42.0 Å². The van der Waals surface area contributed by atoms with E-state index < -0.39 is 37.1 Å². The molecule has 1 aromatic rings. The average Bonchev–Trinajstić information content (AvgIpc) is 3.02. The van der Waals surface area contributed by atoms with E-state index in [-0.39, 0.29) is 0 Å². The number of hydrogen-bond donors (Lipinski definition) is 4. The van der Waals surface area contributed by atoms with Crippen LogP contribution in [0.4, 0.5) is 0 Å². The number of allylic oxidation sites excluding steroid dienone is 3. The first-order valence-electron chi connectivity index (χ1n) is 8.25. The highest BCUT2D eigenvalue weighted by Gasteiger charge is 2.44. The molecule has 1 saturated heterocycles. The smallest absolute Gasteiger partial charge is 0.113 e. The molecule has 138 valence electrons. The molecule has 0 radical (unpaired) electrons. The summed E-state index contributed by atoms with van der Waals surface area (Å²) < 4.78 is 5.63. The third-order valence-electron chi connectivity index (χ3n) is 4.50. The molecule has 1 aliphatic rings. The normalized spacial score (nSPS) is 31.2. The lowest BCUT2D eigenvalue weighted by Crippen LogP contribution is -2.58. The summed E-state index contributed by atoms with van der Waals surface area (Å²) in [5.41, 5.74) is 2.84. The van der Waals surface area contributed by atoms with E-state index in [4.69, 9.17) is 4.74 Å². The lowest BCUT2D eigenvalue weighted by Gasteiger charge is -2.40. The lowest BCUT2D eigenvalue weighted by molar-refractivity contribution is -0.218. The Hall–Kier alpha value is -1.28. The van der Waals surface area contributed by atoms with Crippen molar-refractivity contribution in [1.82, 2.24) is 0 Å². The summed E-state index contributed by atoms with van der Waals surface area (Å²) in [6.45, 7) is 7.28. The minimum absolute atomic E-state index is 0.440. The SMILES string of the molecule is C=C/C(=C\C(=C/C)[C@@H]1O[C@H](CO)[C@@H](O)C(O)[C@H]1O)Cc1sccc1C. The van der Waals surface area contributed by atoms with Gasteiger partial charge in [0, 0.05) is 11.3 Å². The van der Waals surface area contributed by atoms with Gasteiger partial charge in [-0.25, -0.2) is 0 Å². The van der Waals surface area contributed by atoms with Crippen LogP contribution in [0, 0.1) is 6.92 Å². The van der Waals surface area contributed by atoms with Crippen molar-refractivity contribution in [3.8, 4) is 0 Å². The van der Waals surface area contributed by atoms with E-state index in [2.05, 4.69) is 19.6 Å². The zero-order valence-corrected chi connectivity index (χ0v) is 15.3. The first-order chi connectivity index (χ1) is 11.9. The molecule has 0 spiro atoms. The van der Waals surface area contributed by atoms with Crippen LogP contribution in [0.5, 0.6) is 0 Å². The highest BCUT2D eigenvalue weighted by Crippen LogP contribution is 2.28. The second-order valence-electron chi connectivity index (χ2n) is 6.17. The van der Waals surface area contributed by atoms with Gasteiger partial charge >= 0.3 is 0 Å². The van der Waals surface area contributed by atoms with E-state index in [0.717, 1.165) is 5.57 Å². The Morgan fingerprint density at radius 2 is 2.00 bits per heavy atom. The molecule has 0 amide bonds. The van der Waals surface area contributed by atoms with Gasteiger partial charge in [0.15, 0.2) is 0 Å². The van der Waals surface area contributed by atoms with Crippen LogP contribution in [0.3, 0.4) is 0 Å². The van der Waals surface area contributed by atoms with Gasteiger partial charge in [0.25, 0.3) is 0 Å². The van der Waals surface area contributed by atoms with Crippen LogP contribution in [0.1, 0.15) is 17.4 Å². The summed E-state index contributed by atoms with van der Waals surface area (Å²) in [6, 6.07) is 2.06. The van der Waals surface area contributed by atoms with Gasteiger partial charge in [0.1, 0.15) is 30.5 Å². The fourth-order valence-electron chi connectivity index (χ4n) is 2.87. The van der Waals surface area contributed by atoms with E-state index in [1.54, 1.807) is 23.5 Å². The highest BCUT2D eigenvalue weighted by molar-refractivity contribution is 7.10. The van der Waals surface area contributed by atoms with Crippen LogP contribution >= 0.6 is 11.3 Å². The molecular formula is C19H26O5S. The third-order valence-corrected chi connectivity index (χ3v) is 5.52. The van der Waals surface area contributed by atoms with Crippen LogP contribution in [0.2, 0.25) is 0 Å². The van der Waals surface area contributed by atoms with Crippen LogP contribution in [-0.2, 0) is 11.2 Å². The summed E-state index contributed by atoms with van der Waals surface area (Å²) in [7, 11) is 0. The number of hydrogen-bond acceptors (Lipinski definition) is 6. The Morgan fingerprint density at radius 1 is 1.28 bits per heavy atom. The Morgan fingerprint density at radius 3 is 2.52 bits per heavy atom. The maximum Gasteiger partial charge on any atom is 0.113 e. The molecule has 6 heteroatoms. The number of aliphatic hydroxyl groups excluding tert-OH is 4. The van der Waals surface area contributed by atoms with E-state index >= 15 is 0 Å². The number of aryl methyl sites for hydroxylation is 1. The molecule has 4 N–H and O–H groups in total. The van der Waals surface area contributed by atoms with Crippen molar-refractivity contribution in [3.63, 3.8) is 0 Å². The maximum atomic E-state index is 10.3. The lowest BCUT2D eigenvalue weighted by atomic mass is 9.90. The minimum Gasteiger partial charge on any atom is -0.394 e. The Kier molecular flexibility index (Phi) is 7.13. The molecule has 1 fully saturated rings. The van der Waals surface area contributed by atoms with E-state index in [9.17, 15) is 20.4 Å².